The number of hydrogen-bond acceptors (Lipinski definition) is 5. The van der Waals surface area contributed by atoms with Crippen LogP contribution in [0, 0.1) is 34.5 Å². The SMILES string of the molecule is CC(=O)C1CCC2C3CCC4=CC(=NOCC(=O)NCc5cccnc5)CC[C@]4(C)C3CC[C@]12C. The zero-order chi connectivity index (χ0) is 24.6. The molecule has 1 aromatic heterocycles. The van der Waals surface area contributed by atoms with Gasteiger partial charge in [0, 0.05) is 24.9 Å². The van der Waals surface area contributed by atoms with Crippen molar-refractivity contribution in [1.82, 2.24) is 10.3 Å². The molecule has 6 nitrogen and oxygen atoms in total. The van der Waals surface area contributed by atoms with Gasteiger partial charge < -0.3 is 10.2 Å². The molecule has 0 spiro atoms. The maximum absolute atomic E-state index is 12.4. The van der Waals surface area contributed by atoms with Crippen LogP contribution in [-0.2, 0) is 21.0 Å². The largest absolute Gasteiger partial charge is 0.385 e. The molecule has 35 heavy (non-hydrogen) atoms. The number of oxime groups is 1. The van der Waals surface area contributed by atoms with E-state index in [0.29, 0.717) is 24.2 Å². The zero-order valence-electron chi connectivity index (χ0n) is 21.4. The first kappa shape index (κ1) is 24.2. The van der Waals surface area contributed by atoms with Crippen molar-refractivity contribution in [2.45, 2.75) is 78.7 Å². The molecule has 4 unspecified atom stereocenters. The molecule has 0 radical (unpaired) electrons. The standard InChI is InChI=1S/C29H39N3O3/c1-19(33)24-8-9-25-23-7-6-21-15-22(10-12-28(21,2)26(23)11-13-29(24,25)3)32-35-18-27(34)31-17-20-5-4-14-30-16-20/h4-5,14-16,23-26H,6-13,17-18H2,1-3H3,(H,31,34)/t23?,24?,25?,26?,28-,29+/m0/s1. The van der Waals surface area contributed by atoms with Crippen molar-refractivity contribution in [3.63, 3.8) is 0 Å². The second kappa shape index (κ2) is 9.51. The molecular weight excluding hydrogens is 438 g/mol. The number of nitrogens with one attached hydrogen (secondary N) is 1. The van der Waals surface area contributed by atoms with Crippen molar-refractivity contribution in [3.8, 4) is 0 Å². The number of fused-ring (bicyclic) bond motifs is 5. The summed E-state index contributed by atoms with van der Waals surface area (Å²) in [4.78, 5) is 34.0. The first-order valence-corrected chi connectivity index (χ1v) is 13.4. The molecule has 6 atom stereocenters. The Kier molecular flexibility index (Phi) is 6.58. The summed E-state index contributed by atoms with van der Waals surface area (Å²) in [5.74, 6) is 2.61. The number of nitrogens with zero attached hydrogens (tertiary/aromatic N) is 2. The molecule has 3 saturated carbocycles. The lowest BCUT2D eigenvalue weighted by atomic mass is 9.46. The summed E-state index contributed by atoms with van der Waals surface area (Å²) in [6.45, 7) is 7.05. The monoisotopic (exact) mass is 477 g/mol. The van der Waals surface area contributed by atoms with E-state index in [0.717, 1.165) is 42.9 Å². The van der Waals surface area contributed by atoms with Crippen molar-refractivity contribution in [1.29, 1.82) is 0 Å². The van der Waals surface area contributed by atoms with Crippen LogP contribution in [0.15, 0.2) is 41.3 Å². The molecule has 6 heteroatoms. The number of carbonyl (C=O) groups excluding carboxylic acids is 2. The van der Waals surface area contributed by atoms with Crippen LogP contribution >= 0.6 is 0 Å². The molecule has 1 amide bonds. The van der Waals surface area contributed by atoms with Crippen LogP contribution in [0.1, 0.15) is 77.7 Å². The predicted molar refractivity (Wildman–Crippen MR) is 135 cm³/mol. The second-order valence-electron chi connectivity index (χ2n) is 11.8. The van der Waals surface area contributed by atoms with Crippen molar-refractivity contribution in [2.75, 3.05) is 6.61 Å². The molecule has 0 aromatic carbocycles. The van der Waals surface area contributed by atoms with E-state index in [1.165, 1.54) is 31.3 Å². The van der Waals surface area contributed by atoms with Gasteiger partial charge in [-0.05, 0) is 105 Å². The third kappa shape index (κ3) is 4.45. The molecule has 0 saturated heterocycles. The fraction of sp³-hybridized carbons (Fsp3) is 0.655. The van der Waals surface area contributed by atoms with Gasteiger partial charge in [-0.3, -0.25) is 14.6 Å². The first-order valence-electron chi connectivity index (χ1n) is 13.4. The number of amides is 1. The van der Waals surface area contributed by atoms with Gasteiger partial charge in [0.1, 0.15) is 5.78 Å². The Hall–Kier alpha value is -2.50. The molecule has 4 aliphatic carbocycles. The number of ketones is 1. The fourth-order valence-corrected chi connectivity index (χ4v) is 8.24. The summed E-state index contributed by atoms with van der Waals surface area (Å²) < 4.78 is 0. The molecular formula is C29H39N3O3. The van der Waals surface area contributed by atoms with Crippen LogP contribution < -0.4 is 5.32 Å². The number of aromatic nitrogens is 1. The van der Waals surface area contributed by atoms with Crippen LogP contribution in [0.25, 0.3) is 0 Å². The Morgan fingerprint density at radius 1 is 1.14 bits per heavy atom. The van der Waals surface area contributed by atoms with Gasteiger partial charge in [0.05, 0.1) is 5.71 Å². The Morgan fingerprint density at radius 2 is 2.00 bits per heavy atom. The number of Topliss-reactive ketones (excluding diaryl/α,β-unsaturated/α-hetero) is 1. The minimum atomic E-state index is -0.183. The Morgan fingerprint density at radius 3 is 2.77 bits per heavy atom. The summed E-state index contributed by atoms with van der Waals surface area (Å²) in [5.41, 5.74) is 3.85. The highest BCUT2D eigenvalue weighted by atomic mass is 16.6. The number of allylic oxidation sites excluding steroid dienone is 2. The third-order valence-corrected chi connectivity index (χ3v) is 10.1. The van der Waals surface area contributed by atoms with Gasteiger partial charge in [-0.25, -0.2) is 0 Å². The fourth-order valence-electron chi connectivity index (χ4n) is 8.24. The number of rotatable bonds is 6. The number of carbonyl (C=O) groups is 2. The average Bonchev–Trinajstić information content (AvgIpc) is 3.21. The summed E-state index contributed by atoms with van der Waals surface area (Å²) in [7, 11) is 0. The van der Waals surface area contributed by atoms with E-state index in [4.69, 9.17) is 4.84 Å². The lowest BCUT2D eigenvalue weighted by molar-refractivity contribution is -0.128. The quantitative estimate of drug-likeness (QED) is 0.568. The summed E-state index contributed by atoms with van der Waals surface area (Å²) in [5, 5.41) is 7.17. The summed E-state index contributed by atoms with van der Waals surface area (Å²) >= 11 is 0. The van der Waals surface area contributed by atoms with E-state index in [-0.39, 0.29) is 29.3 Å². The lowest BCUT2D eigenvalue weighted by Crippen LogP contribution is -2.51. The van der Waals surface area contributed by atoms with Crippen LogP contribution in [0.5, 0.6) is 0 Å². The zero-order valence-corrected chi connectivity index (χ0v) is 21.4. The Labute approximate surface area is 209 Å². The Bertz CT molecular complexity index is 1030. The van der Waals surface area contributed by atoms with Crippen LogP contribution in [0.3, 0.4) is 0 Å². The molecule has 0 bridgehead atoms. The molecule has 3 fully saturated rings. The van der Waals surface area contributed by atoms with Crippen molar-refractivity contribution in [2.24, 2.45) is 39.7 Å². The van der Waals surface area contributed by atoms with Crippen molar-refractivity contribution >= 4 is 17.4 Å². The van der Waals surface area contributed by atoms with E-state index in [2.05, 4.69) is 35.4 Å². The summed E-state index contributed by atoms with van der Waals surface area (Å²) in [6, 6.07) is 3.78. The van der Waals surface area contributed by atoms with Gasteiger partial charge in [0.25, 0.3) is 5.91 Å². The highest BCUT2D eigenvalue weighted by Crippen LogP contribution is 2.66. The van der Waals surface area contributed by atoms with E-state index in [1.807, 2.05) is 19.1 Å². The molecule has 1 N–H and O–H groups in total. The topological polar surface area (TPSA) is 80.6 Å². The molecule has 4 aliphatic rings. The predicted octanol–water partition coefficient (Wildman–Crippen LogP) is 5.24. The van der Waals surface area contributed by atoms with Crippen LogP contribution in [-0.4, -0.2) is 29.0 Å². The van der Waals surface area contributed by atoms with Gasteiger partial charge in [0.2, 0.25) is 0 Å². The van der Waals surface area contributed by atoms with Gasteiger partial charge in [-0.1, -0.05) is 30.6 Å². The normalized spacial score (nSPS) is 37.0. The lowest BCUT2D eigenvalue weighted by Gasteiger charge is -2.58. The highest BCUT2D eigenvalue weighted by molar-refractivity contribution is 5.96. The van der Waals surface area contributed by atoms with E-state index >= 15 is 0 Å². The molecule has 0 aliphatic heterocycles. The van der Waals surface area contributed by atoms with Crippen LogP contribution in [0.4, 0.5) is 0 Å². The first-order chi connectivity index (χ1) is 16.8. The van der Waals surface area contributed by atoms with Crippen LogP contribution in [0.2, 0.25) is 0 Å². The van der Waals surface area contributed by atoms with Gasteiger partial charge >= 0.3 is 0 Å². The Balaban J connectivity index is 1.20. The maximum Gasteiger partial charge on any atom is 0.261 e. The van der Waals surface area contributed by atoms with Crippen molar-refractivity contribution in [3.05, 3.63) is 41.7 Å². The van der Waals surface area contributed by atoms with Gasteiger partial charge in [0.15, 0.2) is 6.61 Å². The molecule has 188 valence electrons. The number of pyridine rings is 1. The molecule has 5 rings (SSSR count). The highest BCUT2D eigenvalue weighted by Gasteiger charge is 2.59. The average molecular weight is 478 g/mol. The van der Waals surface area contributed by atoms with Crippen molar-refractivity contribution < 1.29 is 14.4 Å². The molecule has 1 aromatic rings. The van der Waals surface area contributed by atoms with E-state index in [9.17, 15) is 9.59 Å². The van der Waals surface area contributed by atoms with E-state index in [1.54, 1.807) is 12.4 Å². The molecule has 1 heterocycles. The van der Waals surface area contributed by atoms with E-state index < -0.39 is 0 Å². The minimum Gasteiger partial charge on any atom is -0.385 e. The second-order valence-corrected chi connectivity index (χ2v) is 11.8. The minimum absolute atomic E-state index is 0.0769. The summed E-state index contributed by atoms with van der Waals surface area (Å²) in [6.07, 6.45) is 14.7. The smallest absolute Gasteiger partial charge is 0.261 e. The van der Waals surface area contributed by atoms with Gasteiger partial charge in [-0.2, -0.15) is 0 Å². The third-order valence-electron chi connectivity index (χ3n) is 10.1. The van der Waals surface area contributed by atoms with Gasteiger partial charge in [-0.15, -0.1) is 0 Å². The number of hydrogen-bond donors (Lipinski definition) is 1. The maximum atomic E-state index is 12.4.